The average Bonchev–Trinajstić information content (AvgIpc) is 3.06. The van der Waals surface area contributed by atoms with Crippen molar-refractivity contribution in [1.82, 2.24) is 0 Å². The van der Waals surface area contributed by atoms with Crippen LogP contribution in [0.15, 0.2) is 24.3 Å². The fourth-order valence-electron chi connectivity index (χ4n) is 3.69. The topological polar surface area (TPSA) is 179 Å². The van der Waals surface area contributed by atoms with E-state index in [0.717, 1.165) is 5.56 Å². The Balaban J connectivity index is 1.52. The van der Waals surface area contributed by atoms with Crippen LogP contribution in [0.1, 0.15) is 18.9 Å². The molecule has 10 atom stereocenters. The molecular weight excluding hydrogens is 428 g/mol. The maximum absolute atomic E-state index is 10.3. The third-order valence-corrected chi connectivity index (χ3v) is 5.73. The number of ether oxygens (including phenoxy) is 4. The van der Waals surface area contributed by atoms with Crippen LogP contribution in [-0.2, 0) is 25.4 Å². The number of hydrogen-bond acceptors (Lipinski definition) is 11. The number of phenols is 1. The number of aromatic hydroxyl groups is 1. The Morgan fingerprint density at radius 1 is 0.844 bits per heavy atom. The standard InChI is InChI=1S/C21H32O11/c1-10(2-3-11-4-6-12(23)7-5-11)30-21-19(28)17(26)16(25)14(32-21)9-29-20-18(27)15(24)13(8-22)31-20/h4-7,10,13-28H,2-3,8-9H2,1H3/t10-,13-,14-,15+,16-,17+,18-,19-,20-,21-/m1/s1. The van der Waals surface area contributed by atoms with Crippen molar-refractivity contribution in [1.29, 1.82) is 0 Å². The Labute approximate surface area is 185 Å². The summed E-state index contributed by atoms with van der Waals surface area (Å²) in [6.45, 7) is 0.932. The van der Waals surface area contributed by atoms with Crippen LogP contribution in [0.3, 0.4) is 0 Å². The van der Waals surface area contributed by atoms with E-state index in [9.17, 15) is 30.6 Å². The quantitative estimate of drug-likeness (QED) is 0.217. The lowest BCUT2D eigenvalue weighted by atomic mass is 9.99. The second kappa shape index (κ2) is 11.2. The van der Waals surface area contributed by atoms with Crippen LogP contribution >= 0.6 is 0 Å². The predicted molar refractivity (Wildman–Crippen MR) is 107 cm³/mol. The smallest absolute Gasteiger partial charge is 0.186 e. The summed E-state index contributed by atoms with van der Waals surface area (Å²) in [7, 11) is 0. The van der Waals surface area contributed by atoms with E-state index in [1.807, 2.05) is 0 Å². The number of aryl methyl sites for hydroxylation is 1. The lowest BCUT2D eigenvalue weighted by Gasteiger charge is -2.41. The molecule has 2 heterocycles. The second-order valence-corrected chi connectivity index (χ2v) is 8.21. The first-order chi connectivity index (χ1) is 15.2. The molecule has 0 saturated carbocycles. The first-order valence-corrected chi connectivity index (χ1v) is 10.6. The summed E-state index contributed by atoms with van der Waals surface area (Å²) in [5, 5.41) is 68.9. The number of aliphatic hydroxyl groups excluding tert-OH is 6. The molecule has 0 aromatic heterocycles. The highest BCUT2D eigenvalue weighted by Crippen LogP contribution is 2.27. The van der Waals surface area contributed by atoms with Gasteiger partial charge < -0.3 is 54.7 Å². The van der Waals surface area contributed by atoms with Crippen molar-refractivity contribution in [2.45, 2.75) is 81.2 Å². The zero-order valence-corrected chi connectivity index (χ0v) is 17.7. The van der Waals surface area contributed by atoms with Crippen molar-refractivity contribution < 1.29 is 54.7 Å². The zero-order valence-electron chi connectivity index (χ0n) is 17.7. The first-order valence-electron chi connectivity index (χ1n) is 10.6. The number of phenolic OH excluding ortho intramolecular Hbond substituents is 1. The minimum atomic E-state index is -1.56. The summed E-state index contributed by atoms with van der Waals surface area (Å²) in [5.74, 6) is 0.175. The summed E-state index contributed by atoms with van der Waals surface area (Å²) in [6.07, 6.45) is -11.0. The number of rotatable bonds is 9. The normalized spacial score (nSPS) is 38.7. The van der Waals surface area contributed by atoms with Crippen LogP contribution in [0.5, 0.6) is 5.75 Å². The third-order valence-electron chi connectivity index (χ3n) is 5.73. The molecule has 2 aliphatic rings. The molecule has 0 bridgehead atoms. The molecule has 0 amide bonds. The molecule has 11 nitrogen and oxygen atoms in total. The van der Waals surface area contributed by atoms with Crippen molar-refractivity contribution in [3.8, 4) is 5.75 Å². The molecule has 0 radical (unpaired) electrons. The molecule has 2 fully saturated rings. The summed E-state index contributed by atoms with van der Waals surface area (Å²) in [5.41, 5.74) is 0.989. The minimum absolute atomic E-state index is 0.175. The maximum Gasteiger partial charge on any atom is 0.186 e. The molecule has 1 aromatic carbocycles. The highest BCUT2D eigenvalue weighted by Gasteiger charge is 2.47. The van der Waals surface area contributed by atoms with E-state index >= 15 is 0 Å². The zero-order chi connectivity index (χ0) is 23.4. The van der Waals surface area contributed by atoms with Gasteiger partial charge in [-0.15, -0.1) is 0 Å². The van der Waals surface area contributed by atoms with Gasteiger partial charge >= 0.3 is 0 Å². The number of hydrogen-bond donors (Lipinski definition) is 7. The molecule has 11 heteroatoms. The molecule has 7 N–H and O–H groups in total. The predicted octanol–water partition coefficient (Wildman–Crippen LogP) is -2.01. The summed E-state index contributed by atoms with van der Waals surface area (Å²) < 4.78 is 21.9. The summed E-state index contributed by atoms with van der Waals surface area (Å²) >= 11 is 0. The van der Waals surface area contributed by atoms with Crippen LogP contribution in [0.25, 0.3) is 0 Å². The van der Waals surface area contributed by atoms with Gasteiger partial charge in [0.2, 0.25) is 0 Å². The van der Waals surface area contributed by atoms with Gasteiger partial charge in [-0.05, 0) is 37.5 Å². The van der Waals surface area contributed by atoms with E-state index in [-0.39, 0.29) is 18.5 Å². The highest BCUT2D eigenvalue weighted by atomic mass is 16.7. The van der Waals surface area contributed by atoms with E-state index < -0.39 is 61.9 Å². The Morgan fingerprint density at radius 3 is 2.06 bits per heavy atom. The van der Waals surface area contributed by atoms with Crippen molar-refractivity contribution in [3.63, 3.8) is 0 Å². The molecule has 0 aliphatic carbocycles. The Kier molecular flexibility index (Phi) is 8.81. The van der Waals surface area contributed by atoms with Crippen LogP contribution in [0.2, 0.25) is 0 Å². The van der Waals surface area contributed by atoms with Crippen molar-refractivity contribution in [2.75, 3.05) is 13.2 Å². The summed E-state index contributed by atoms with van der Waals surface area (Å²) in [6, 6.07) is 6.76. The van der Waals surface area contributed by atoms with Gasteiger partial charge in [-0.25, -0.2) is 0 Å². The largest absolute Gasteiger partial charge is 0.508 e. The van der Waals surface area contributed by atoms with Gasteiger partial charge in [-0.1, -0.05) is 12.1 Å². The van der Waals surface area contributed by atoms with E-state index in [4.69, 9.17) is 24.1 Å². The third kappa shape index (κ3) is 5.94. The first kappa shape index (κ1) is 25.2. The van der Waals surface area contributed by atoms with Gasteiger partial charge in [-0.2, -0.15) is 0 Å². The maximum atomic E-state index is 10.3. The van der Waals surface area contributed by atoms with E-state index in [1.54, 1.807) is 31.2 Å². The Bertz CT molecular complexity index is 701. The lowest BCUT2D eigenvalue weighted by Crippen LogP contribution is -2.60. The second-order valence-electron chi connectivity index (χ2n) is 8.21. The van der Waals surface area contributed by atoms with E-state index in [2.05, 4.69) is 0 Å². The molecule has 3 rings (SSSR count). The Hall–Kier alpha value is -1.38. The van der Waals surface area contributed by atoms with Crippen molar-refractivity contribution in [3.05, 3.63) is 29.8 Å². The SMILES string of the molecule is C[C@H](CCc1ccc(O)cc1)O[C@@H]1O[C@H](CO[C@@H]2O[C@H](CO)[C@H](O)[C@H]2O)[C@@H](O)[C@H](O)[C@H]1O. The minimum Gasteiger partial charge on any atom is -0.508 e. The average molecular weight is 460 g/mol. The highest BCUT2D eigenvalue weighted by molar-refractivity contribution is 5.25. The van der Waals surface area contributed by atoms with Crippen molar-refractivity contribution >= 4 is 0 Å². The van der Waals surface area contributed by atoms with Gasteiger partial charge in [0, 0.05) is 0 Å². The van der Waals surface area contributed by atoms with Gasteiger partial charge in [0.1, 0.15) is 48.5 Å². The molecule has 182 valence electrons. The van der Waals surface area contributed by atoms with Gasteiger partial charge in [-0.3, -0.25) is 0 Å². The molecule has 32 heavy (non-hydrogen) atoms. The Morgan fingerprint density at radius 2 is 1.44 bits per heavy atom. The van der Waals surface area contributed by atoms with Gasteiger partial charge in [0.05, 0.1) is 19.3 Å². The molecular formula is C21H32O11. The summed E-state index contributed by atoms with van der Waals surface area (Å²) in [4.78, 5) is 0. The van der Waals surface area contributed by atoms with Crippen LogP contribution < -0.4 is 0 Å². The van der Waals surface area contributed by atoms with Gasteiger partial charge in [0.15, 0.2) is 12.6 Å². The lowest BCUT2D eigenvalue weighted by molar-refractivity contribution is -0.318. The molecule has 0 spiro atoms. The van der Waals surface area contributed by atoms with Gasteiger partial charge in [0.25, 0.3) is 0 Å². The number of aliphatic hydroxyl groups is 6. The van der Waals surface area contributed by atoms with E-state index in [1.165, 1.54) is 0 Å². The van der Waals surface area contributed by atoms with Crippen molar-refractivity contribution in [2.24, 2.45) is 0 Å². The van der Waals surface area contributed by atoms with Crippen LogP contribution in [-0.4, -0.2) is 110 Å². The molecule has 0 unspecified atom stereocenters. The molecule has 2 saturated heterocycles. The van der Waals surface area contributed by atoms with Crippen LogP contribution in [0, 0.1) is 0 Å². The van der Waals surface area contributed by atoms with E-state index in [0.29, 0.717) is 12.8 Å². The molecule has 1 aromatic rings. The fourth-order valence-corrected chi connectivity index (χ4v) is 3.69. The number of benzene rings is 1. The monoisotopic (exact) mass is 460 g/mol. The van der Waals surface area contributed by atoms with Crippen LogP contribution in [0.4, 0.5) is 0 Å². The molecule has 2 aliphatic heterocycles. The fraction of sp³-hybridized carbons (Fsp3) is 0.714.